The second-order valence-corrected chi connectivity index (χ2v) is 8.87. The minimum Gasteiger partial charge on any atom is -0.348 e. The average molecular weight is 458 g/mol. The Bertz CT molecular complexity index is 1170. The molecule has 0 bridgehead atoms. The number of fused-ring (bicyclic) bond motifs is 1. The van der Waals surface area contributed by atoms with Crippen LogP contribution in [0.15, 0.2) is 71.8 Å². The number of benzene rings is 2. The summed E-state index contributed by atoms with van der Waals surface area (Å²) in [6.45, 7) is 3.56. The van der Waals surface area contributed by atoms with Gasteiger partial charge in [0.25, 0.3) is 5.91 Å². The molecule has 1 aromatic heterocycles. The van der Waals surface area contributed by atoms with Crippen molar-refractivity contribution in [2.45, 2.75) is 31.3 Å². The summed E-state index contributed by atoms with van der Waals surface area (Å²) < 4.78 is 0. The molecule has 0 fully saturated rings. The molecule has 0 unspecified atom stereocenters. The summed E-state index contributed by atoms with van der Waals surface area (Å²) in [4.78, 5) is 32.9. The maximum Gasteiger partial charge on any atom is 0.254 e. The molecular formula is C27H27N3O2S. The minimum absolute atomic E-state index is 0.0368. The molecule has 1 N–H and O–H groups in total. The van der Waals surface area contributed by atoms with Gasteiger partial charge in [0.05, 0.1) is 0 Å². The van der Waals surface area contributed by atoms with Crippen LogP contribution in [-0.2, 0) is 24.3 Å². The largest absolute Gasteiger partial charge is 0.348 e. The fourth-order valence-electron chi connectivity index (χ4n) is 4.02. The van der Waals surface area contributed by atoms with Crippen molar-refractivity contribution in [3.63, 3.8) is 0 Å². The van der Waals surface area contributed by atoms with Gasteiger partial charge in [-0.1, -0.05) is 30.3 Å². The van der Waals surface area contributed by atoms with Crippen LogP contribution >= 0.6 is 11.8 Å². The third kappa shape index (κ3) is 5.52. The highest BCUT2D eigenvalue weighted by Crippen LogP contribution is 2.25. The van der Waals surface area contributed by atoms with Crippen molar-refractivity contribution < 1.29 is 9.59 Å². The lowest BCUT2D eigenvalue weighted by atomic mass is 9.94. The Kier molecular flexibility index (Phi) is 7.25. The van der Waals surface area contributed by atoms with Crippen LogP contribution in [0.5, 0.6) is 0 Å². The van der Waals surface area contributed by atoms with Crippen LogP contribution in [0.25, 0.3) is 6.08 Å². The van der Waals surface area contributed by atoms with E-state index < -0.39 is 0 Å². The Balaban J connectivity index is 1.43. The molecule has 5 nitrogen and oxygen atoms in total. The van der Waals surface area contributed by atoms with Crippen LogP contribution in [0.4, 0.5) is 0 Å². The average Bonchev–Trinajstić information content (AvgIpc) is 2.87. The molecule has 3 aromatic rings. The quantitative estimate of drug-likeness (QED) is 0.433. The van der Waals surface area contributed by atoms with Gasteiger partial charge >= 0.3 is 0 Å². The Morgan fingerprint density at radius 1 is 1.12 bits per heavy atom. The second kappa shape index (κ2) is 10.5. The van der Waals surface area contributed by atoms with Gasteiger partial charge in [-0.25, -0.2) is 0 Å². The molecule has 168 valence electrons. The van der Waals surface area contributed by atoms with Gasteiger partial charge in [-0.15, -0.1) is 11.8 Å². The molecular weight excluding hydrogens is 430 g/mol. The van der Waals surface area contributed by atoms with Crippen LogP contribution < -0.4 is 5.32 Å². The van der Waals surface area contributed by atoms with Crippen LogP contribution in [0.1, 0.15) is 38.3 Å². The fourth-order valence-corrected chi connectivity index (χ4v) is 4.42. The molecule has 1 aliphatic heterocycles. The van der Waals surface area contributed by atoms with E-state index in [0.29, 0.717) is 25.2 Å². The standard InChI is InChI=1S/C27H27N3O2S/c1-19-25(17-29-26(31)13-8-20-6-4-3-5-7-20)24-14-15-30(18-22(24)16-28-19)27(32)21-9-11-23(33-2)12-10-21/h3-13,16H,14-15,17-18H2,1-2H3,(H,29,31). The second-order valence-electron chi connectivity index (χ2n) is 7.99. The van der Waals surface area contributed by atoms with E-state index in [1.54, 1.807) is 23.9 Å². The molecule has 0 saturated carbocycles. The van der Waals surface area contributed by atoms with Crippen molar-refractivity contribution in [1.29, 1.82) is 0 Å². The van der Waals surface area contributed by atoms with Gasteiger partial charge in [0, 0.05) is 48.1 Å². The number of amides is 2. The number of nitrogens with zero attached hydrogens (tertiary/aromatic N) is 2. The Morgan fingerprint density at radius 2 is 1.88 bits per heavy atom. The van der Waals surface area contributed by atoms with E-state index in [9.17, 15) is 9.59 Å². The van der Waals surface area contributed by atoms with Gasteiger partial charge < -0.3 is 10.2 Å². The summed E-state index contributed by atoms with van der Waals surface area (Å²) in [6.07, 6.45) is 7.99. The van der Waals surface area contributed by atoms with Gasteiger partial charge in [0.1, 0.15) is 0 Å². The Morgan fingerprint density at radius 3 is 2.61 bits per heavy atom. The zero-order chi connectivity index (χ0) is 23.2. The normalized spacial score (nSPS) is 13.1. The van der Waals surface area contributed by atoms with Gasteiger partial charge in [-0.05, 0) is 72.2 Å². The highest BCUT2D eigenvalue weighted by molar-refractivity contribution is 7.98. The maximum absolute atomic E-state index is 13.0. The third-order valence-corrected chi connectivity index (χ3v) is 6.63. The molecule has 1 aliphatic rings. The lowest BCUT2D eigenvalue weighted by Gasteiger charge is -2.30. The minimum atomic E-state index is -0.142. The smallest absolute Gasteiger partial charge is 0.254 e. The van der Waals surface area contributed by atoms with Crippen LogP contribution in [0, 0.1) is 6.92 Å². The SMILES string of the molecule is CSc1ccc(C(=O)N2CCc3c(cnc(C)c3CNC(=O)C=Cc3ccccc3)C2)cc1. The molecule has 4 rings (SSSR count). The van der Waals surface area contributed by atoms with Crippen molar-refractivity contribution in [2.24, 2.45) is 0 Å². The van der Waals surface area contributed by atoms with Gasteiger partial charge in [0.15, 0.2) is 0 Å². The molecule has 2 amide bonds. The molecule has 2 aromatic carbocycles. The lowest BCUT2D eigenvalue weighted by molar-refractivity contribution is -0.116. The molecule has 2 heterocycles. The van der Waals surface area contributed by atoms with Gasteiger partial charge in [-0.3, -0.25) is 14.6 Å². The summed E-state index contributed by atoms with van der Waals surface area (Å²) in [5.41, 5.74) is 5.88. The third-order valence-electron chi connectivity index (χ3n) is 5.89. The van der Waals surface area contributed by atoms with E-state index in [1.807, 2.05) is 78.9 Å². The first-order valence-electron chi connectivity index (χ1n) is 11.0. The predicted octanol–water partition coefficient (Wildman–Crippen LogP) is 4.64. The number of aromatic nitrogens is 1. The molecule has 33 heavy (non-hydrogen) atoms. The highest BCUT2D eigenvalue weighted by atomic mass is 32.2. The van der Waals surface area contributed by atoms with E-state index in [-0.39, 0.29) is 11.8 Å². The van der Waals surface area contributed by atoms with Crippen LogP contribution in [-0.4, -0.2) is 34.5 Å². The summed E-state index contributed by atoms with van der Waals surface area (Å²) in [6, 6.07) is 17.5. The van der Waals surface area contributed by atoms with Gasteiger partial charge in [-0.2, -0.15) is 0 Å². The summed E-state index contributed by atoms with van der Waals surface area (Å²) in [7, 11) is 0. The number of rotatable bonds is 6. The zero-order valence-corrected chi connectivity index (χ0v) is 19.7. The molecule has 0 radical (unpaired) electrons. The molecule has 0 aliphatic carbocycles. The molecule has 0 saturated heterocycles. The number of aryl methyl sites for hydroxylation is 1. The molecule has 6 heteroatoms. The zero-order valence-electron chi connectivity index (χ0n) is 18.9. The fraction of sp³-hybridized carbons (Fsp3) is 0.222. The lowest BCUT2D eigenvalue weighted by Crippen LogP contribution is -2.37. The number of hydrogen-bond acceptors (Lipinski definition) is 4. The van der Waals surface area contributed by atoms with E-state index in [0.717, 1.165) is 33.7 Å². The van der Waals surface area contributed by atoms with Crippen molar-refractivity contribution in [2.75, 3.05) is 12.8 Å². The van der Waals surface area contributed by atoms with E-state index >= 15 is 0 Å². The summed E-state index contributed by atoms with van der Waals surface area (Å²) in [5, 5.41) is 2.98. The van der Waals surface area contributed by atoms with Crippen molar-refractivity contribution in [3.05, 3.63) is 100 Å². The molecule has 0 spiro atoms. The van der Waals surface area contributed by atoms with E-state index in [1.165, 1.54) is 5.56 Å². The summed E-state index contributed by atoms with van der Waals surface area (Å²) in [5.74, 6) is -0.105. The van der Waals surface area contributed by atoms with Crippen molar-refractivity contribution >= 4 is 29.7 Å². The number of hydrogen-bond donors (Lipinski definition) is 1. The van der Waals surface area contributed by atoms with Crippen molar-refractivity contribution in [1.82, 2.24) is 15.2 Å². The Hall–Kier alpha value is -3.38. The number of carbonyl (C=O) groups is 2. The van der Waals surface area contributed by atoms with Gasteiger partial charge in [0.2, 0.25) is 5.91 Å². The van der Waals surface area contributed by atoms with E-state index in [4.69, 9.17) is 0 Å². The first-order chi connectivity index (χ1) is 16.0. The Labute approximate surface area is 198 Å². The highest BCUT2D eigenvalue weighted by Gasteiger charge is 2.24. The van der Waals surface area contributed by atoms with Crippen LogP contribution in [0.2, 0.25) is 0 Å². The number of nitrogens with one attached hydrogen (secondary N) is 1. The number of thioether (sulfide) groups is 1. The first kappa shape index (κ1) is 22.8. The topological polar surface area (TPSA) is 62.3 Å². The van der Waals surface area contributed by atoms with Crippen molar-refractivity contribution in [3.8, 4) is 0 Å². The first-order valence-corrected chi connectivity index (χ1v) is 12.2. The van der Waals surface area contributed by atoms with E-state index in [2.05, 4.69) is 10.3 Å². The molecule has 0 atom stereocenters. The summed E-state index contributed by atoms with van der Waals surface area (Å²) >= 11 is 1.66. The monoisotopic (exact) mass is 457 g/mol. The maximum atomic E-state index is 13.0. The van der Waals surface area contributed by atoms with Crippen LogP contribution in [0.3, 0.4) is 0 Å². The number of pyridine rings is 1. The number of carbonyl (C=O) groups excluding carboxylic acids is 2. The predicted molar refractivity (Wildman–Crippen MR) is 133 cm³/mol.